The number of hydrogen-bond acceptors (Lipinski definition) is 6. The first-order chi connectivity index (χ1) is 10.4. The molecule has 2 atom stereocenters. The van der Waals surface area contributed by atoms with Crippen LogP contribution in [0, 0.1) is 0 Å². The molecule has 0 aromatic heterocycles. The number of amidine groups is 1. The molecular formula is C14H15BrN2O3S2. The molecule has 1 aromatic rings. The number of aliphatic imine (C=N–C) groups is 1. The molecule has 5 nitrogen and oxygen atoms in total. The monoisotopic (exact) mass is 402 g/mol. The normalized spacial score (nSPS) is 25.9. The van der Waals surface area contributed by atoms with Gasteiger partial charge in [-0.15, -0.1) is 0 Å². The van der Waals surface area contributed by atoms with E-state index in [0.29, 0.717) is 5.75 Å². The summed E-state index contributed by atoms with van der Waals surface area (Å²) in [4.78, 5) is 17.8. The third-order valence-corrected chi connectivity index (χ3v) is 6.90. The van der Waals surface area contributed by atoms with Gasteiger partial charge in [0.2, 0.25) is 0 Å². The lowest BCUT2D eigenvalue weighted by Gasteiger charge is -2.26. The van der Waals surface area contributed by atoms with Crippen LogP contribution in [0.15, 0.2) is 33.7 Å². The molecule has 0 N–H and O–H groups in total. The fraction of sp³-hybridized carbons (Fsp3) is 0.429. The van der Waals surface area contributed by atoms with E-state index in [1.165, 1.54) is 18.7 Å². The molecule has 1 fully saturated rings. The highest BCUT2D eigenvalue weighted by molar-refractivity contribution is 9.10. The zero-order valence-electron chi connectivity index (χ0n) is 11.9. The first kappa shape index (κ1) is 16.0. The fourth-order valence-electron chi connectivity index (χ4n) is 2.73. The molecule has 0 saturated carbocycles. The van der Waals surface area contributed by atoms with Gasteiger partial charge < -0.3 is 4.90 Å². The van der Waals surface area contributed by atoms with Crippen LogP contribution in [0.5, 0.6) is 0 Å². The van der Waals surface area contributed by atoms with Gasteiger partial charge in [0, 0.05) is 10.2 Å². The molecule has 22 heavy (non-hydrogen) atoms. The number of halogens is 1. The van der Waals surface area contributed by atoms with Gasteiger partial charge in [-0.1, -0.05) is 33.8 Å². The van der Waals surface area contributed by atoms with Gasteiger partial charge in [-0.25, -0.2) is 8.42 Å². The zero-order chi connectivity index (χ0) is 15.9. The maximum Gasteiger partial charge on any atom is 0.164 e. The Morgan fingerprint density at radius 3 is 2.91 bits per heavy atom. The van der Waals surface area contributed by atoms with E-state index in [1.54, 1.807) is 0 Å². The summed E-state index contributed by atoms with van der Waals surface area (Å²) in [6, 6.07) is 7.29. The van der Waals surface area contributed by atoms with Crippen LogP contribution in [0.4, 0.5) is 5.69 Å². The van der Waals surface area contributed by atoms with Crippen molar-refractivity contribution in [2.45, 2.75) is 19.0 Å². The number of sulfone groups is 1. The molecule has 3 rings (SSSR count). The number of carbonyl (C=O) groups is 1. The molecule has 8 heteroatoms. The van der Waals surface area contributed by atoms with E-state index in [2.05, 4.69) is 20.9 Å². The quantitative estimate of drug-likeness (QED) is 0.774. The summed E-state index contributed by atoms with van der Waals surface area (Å²) in [5.74, 6) is 0.617. The predicted molar refractivity (Wildman–Crippen MR) is 93.4 cm³/mol. The van der Waals surface area contributed by atoms with E-state index in [1.807, 2.05) is 29.2 Å². The topological polar surface area (TPSA) is 66.8 Å². The Bertz CT molecular complexity index is 748. The van der Waals surface area contributed by atoms with Crippen molar-refractivity contribution in [3.63, 3.8) is 0 Å². The number of ketones is 1. The number of hydrogen-bond donors (Lipinski definition) is 0. The summed E-state index contributed by atoms with van der Waals surface area (Å²) in [5.41, 5.74) is 0.897. The molecule has 0 aliphatic carbocycles. The molecule has 0 amide bonds. The second kappa shape index (κ2) is 5.98. The summed E-state index contributed by atoms with van der Waals surface area (Å²) in [6.07, 6.45) is 0. The molecule has 1 saturated heterocycles. The lowest BCUT2D eigenvalue weighted by atomic mass is 10.1. The number of anilines is 1. The maximum absolute atomic E-state index is 11.9. The van der Waals surface area contributed by atoms with Gasteiger partial charge in [0.25, 0.3) is 0 Å². The van der Waals surface area contributed by atoms with Gasteiger partial charge in [0.1, 0.15) is 5.78 Å². The van der Waals surface area contributed by atoms with Crippen molar-refractivity contribution in [2.75, 3.05) is 22.2 Å². The van der Waals surface area contributed by atoms with Crippen molar-refractivity contribution in [2.24, 2.45) is 4.99 Å². The molecule has 2 aliphatic rings. The smallest absolute Gasteiger partial charge is 0.164 e. The minimum Gasteiger partial charge on any atom is -0.315 e. The van der Waals surface area contributed by atoms with Crippen molar-refractivity contribution in [3.8, 4) is 0 Å². The van der Waals surface area contributed by atoms with Crippen molar-refractivity contribution >= 4 is 54.2 Å². The van der Waals surface area contributed by atoms with E-state index in [0.717, 1.165) is 15.3 Å². The fourth-order valence-corrected chi connectivity index (χ4v) is 5.88. The van der Waals surface area contributed by atoms with Crippen LogP contribution in [0.1, 0.15) is 6.92 Å². The van der Waals surface area contributed by atoms with E-state index < -0.39 is 9.84 Å². The molecule has 2 aliphatic heterocycles. The minimum absolute atomic E-state index is 0.0755. The van der Waals surface area contributed by atoms with Gasteiger partial charge >= 0.3 is 0 Å². The second-order valence-corrected chi connectivity index (χ2v) is 9.48. The Morgan fingerprint density at radius 1 is 1.45 bits per heavy atom. The largest absolute Gasteiger partial charge is 0.315 e. The molecule has 2 heterocycles. The molecule has 0 radical (unpaired) electrons. The highest BCUT2D eigenvalue weighted by Gasteiger charge is 2.47. The molecule has 0 unspecified atom stereocenters. The van der Waals surface area contributed by atoms with Crippen LogP contribution in [-0.4, -0.2) is 48.7 Å². The molecule has 118 valence electrons. The summed E-state index contributed by atoms with van der Waals surface area (Å²) in [6.45, 7) is 1.54. The molecule has 0 spiro atoms. The lowest BCUT2D eigenvalue weighted by molar-refractivity contribution is -0.114. The molecule has 0 bridgehead atoms. The summed E-state index contributed by atoms with van der Waals surface area (Å²) >= 11 is 4.81. The van der Waals surface area contributed by atoms with Gasteiger partial charge in [-0.3, -0.25) is 9.79 Å². The first-order valence-electron chi connectivity index (χ1n) is 6.81. The van der Waals surface area contributed by atoms with E-state index in [-0.39, 0.29) is 29.4 Å². The average Bonchev–Trinajstić information content (AvgIpc) is 2.87. The maximum atomic E-state index is 11.9. The molecular weight excluding hydrogens is 388 g/mol. The summed E-state index contributed by atoms with van der Waals surface area (Å²) in [5, 5.41) is 0.734. The highest BCUT2D eigenvalue weighted by Crippen LogP contribution is 2.35. The predicted octanol–water partition coefficient (Wildman–Crippen LogP) is 2.11. The van der Waals surface area contributed by atoms with Crippen LogP contribution in [0.25, 0.3) is 0 Å². The van der Waals surface area contributed by atoms with Crippen molar-refractivity contribution in [3.05, 3.63) is 28.7 Å². The lowest BCUT2D eigenvalue weighted by Crippen LogP contribution is -2.39. The Labute approximate surface area is 142 Å². The van der Waals surface area contributed by atoms with Crippen LogP contribution in [-0.2, 0) is 14.6 Å². The first-order valence-corrected chi connectivity index (χ1v) is 10.4. The van der Waals surface area contributed by atoms with Gasteiger partial charge in [0.15, 0.2) is 15.0 Å². The Kier molecular flexibility index (Phi) is 4.35. The van der Waals surface area contributed by atoms with Crippen molar-refractivity contribution in [1.82, 2.24) is 0 Å². The number of Topliss-reactive ketones (excluding diaryl/α,β-unsaturated/α-hetero) is 1. The van der Waals surface area contributed by atoms with Crippen LogP contribution >= 0.6 is 27.7 Å². The summed E-state index contributed by atoms with van der Waals surface area (Å²) in [7, 11) is -3.05. The number of fused-ring (bicyclic) bond motifs is 1. The Hall–Kier alpha value is -0.860. The van der Waals surface area contributed by atoms with Gasteiger partial charge in [-0.05, 0) is 25.1 Å². The molecule has 1 aromatic carbocycles. The second-order valence-electron chi connectivity index (χ2n) is 5.46. The Morgan fingerprint density at radius 2 is 2.23 bits per heavy atom. The highest BCUT2D eigenvalue weighted by atomic mass is 79.9. The average molecular weight is 403 g/mol. The van der Waals surface area contributed by atoms with Crippen LogP contribution in [0.3, 0.4) is 0 Å². The number of benzene rings is 1. The summed E-state index contributed by atoms with van der Waals surface area (Å²) < 4.78 is 24.7. The van der Waals surface area contributed by atoms with E-state index >= 15 is 0 Å². The van der Waals surface area contributed by atoms with Crippen LogP contribution < -0.4 is 4.90 Å². The van der Waals surface area contributed by atoms with Crippen molar-refractivity contribution < 1.29 is 13.2 Å². The van der Waals surface area contributed by atoms with Crippen molar-refractivity contribution in [1.29, 1.82) is 0 Å². The minimum atomic E-state index is -3.05. The number of rotatable bonds is 3. The Balaban J connectivity index is 1.95. The number of carbonyl (C=O) groups excluding carboxylic acids is 1. The third kappa shape index (κ3) is 3.23. The van der Waals surface area contributed by atoms with Gasteiger partial charge in [0.05, 0.1) is 29.3 Å². The zero-order valence-corrected chi connectivity index (χ0v) is 15.1. The van der Waals surface area contributed by atoms with Crippen LogP contribution in [0.2, 0.25) is 0 Å². The standard InChI is InChI=1S/C14H15BrN2O3S2/c1-9(18)6-21-14-16-12-7-22(19,20)8-13(12)17(14)11-4-2-3-10(15)5-11/h2-5,12-13H,6-8H2,1H3/t12-,13+/m0/s1. The van der Waals surface area contributed by atoms with Gasteiger partial charge in [-0.2, -0.15) is 0 Å². The number of thioether (sulfide) groups is 1. The SMILES string of the molecule is CC(=O)CSC1=N[C@H]2CS(=O)(=O)C[C@H]2N1c1cccc(Br)c1. The van der Waals surface area contributed by atoms with E-state index in [4.69, 9.17) is 0 Å². The number of nitrogens with zero attached hydrogens (tertiary/aromatic N) is 2. The third-order valence-electron chi connectivity index (χ3n) is 3.60. The van der Waals surface area contributed by atoms with E-state index in [9.17, 15) is 13.2 Å².